The highest BCUT2D eigenvalue weighted by atomic mass is 16.7. The molecule has 9 heteroatoms. The first-order valence-electron chi connectivity index (χ1n) is 11.8. The van der Waals surface area contributed by atoms with Crippen LogP contribution in [0.2, 0.25) is 0 Å². The molecule has 1 amide bonds. The fourth-order valence-corrected chi connectivity index (χ4v) is 3.92. The third-order valence-electron chi connectivity index (χ3n) is 5.69. The van der Waals surface area contributed by atoms with E-state index in [1.165, 1.54) is 11.8 Å². The molecule has 0 atom stereocenters. The molecule has 2 aromatic carbocycles. The molecule has 0 saturated heterocycles. The molecule has 0 radical (unpaired) electrons. The van der Waals surface area contributed by atoms with Gasteiger partial charge in [-0.15, -0.1) is 0 Å². The number of amides is 1. The maximum absolute atomic E-state index is 12.3. The SMILES string of the molecule is CC(=O)c1ccc2[nH]c(O)c(C(=NCCCN(C)C(=O)OC(C)(C)C)c3ccc4c(c3)OCO4)c2c1. The van der Waals surface area contributed by atoms with Gasteiger partial charge in [-0.1, -0.05) is 0 Å². The van der Waals surface area contributed by atoms with Crippen molar-refractivity contribution >= 4 is 28.5 Å². The maximum atomic E-state index is 12.3. The topological polar surface area (TPSA) is 113 Å². The maximum Gasteiger partial charge on any atom is 0.410 e. The van der Waals surface area contributed by atoms with E-state index >= 15 is 0 Å². The van der Waals surface area contributed by atoms with E-state index in [9.17, 15) is 14.7 Å². The zero-order valence-corrected chi connectivity index (χ0v) is 21.2. The number of nitrogens with one attached hydrogen (secondary N) is 1. The number of hydrogen-bond acceptors (Lipinski definition) is 7. The number of aliphatic imine (C=N–C) groups is 1. The number of H-pyrrole nitrogens is 1. The first-order chi connectivity index (χ1) is 17.0. The predicted octanol–water partition coefficient (Wildman–Crippen LogP) is 4.90. The molecule has 1 aromatic heterocycles. The second kappa shape index (κ2) is 9.93. The highest BCUT2D eigenvalue weighted by Crippen LogP contribution is 2.36. The minimum atomic E-state index is -0.568. The Morgan fingerprint density at radius 3 is 2.56 bits per heavy atom. The van der Waals surface area contributed by atoms with Gasteiger partial charge in [0.05, 0.1) is 11.3 Å². The summed E-state index contributed by atoms with van der Waals surface area (Å²) >= 11 is 0. The summed E-state index contributed by atoms with van der Waals surface area (Å²) in [6.07, 6.45) is 0.180. The molecule has 4 rings (SSSR count). The molecule has 1 aliphatic rings. The second-order valence-electron chi connectivity index (χ2n) is 9.72. The van der Waals surface area contributed by atoms with Crippen molar-refractivity contribution < 1.29 is 28.9 Å². The Morgan fingerprint density at radius 1 is 1.11 bits per heavy atom. The Hall–Kier alpha value is -4.01. The van der Waals surface area contributed by atoms with Crippen molar-refractivity contribution in [2.75, 3.05) is 26.9 Å². The van der Waals surface area contributed by atoms with E-state index in [-0.39, 0.29) is 18.5 Å². The highest BCUT2D eigenvalue weighted by molar-refractivity contribution is 6.21. The number of aromatic nitrogens is 1. The van der Waals surface area contributed by atoms with Gasteiger partial charge in [0.15, 0.2) is 23.2 Å². The van der Waals surface area contributed by atoms with Crippen molar-refractivity contribution in [2.45, 2.75) is 39.7 Å². The minimum Gasteiger partial charge on any atom is -0.494 e. The lowest BCUT2D eigenvalue weighted by atomic mass is 9.98. The Bertz CT molecular complexity index is 1340. The van der Waals surface area contributed by atoms with Gasteiger partial charge >= 0.3 is 6.09 Å². The van der Waals surface area contributed by atoms with Crippen molar-refractivity contribution in [1.82, 2.24) is 9.88 Å². The van der Waals surface area contributed by atoms with Crippen LogP contribution in [-0.4, -0.2) is 65.1 Å². The monoisotopic (exact) mass is 493 g/mol. The van der Waals surface area contributed by atoms with Crippen molar-refractivity contribution in [2.24, 2.45) is 4.99 Å². The van der Waals surface area contributed by atoms with Gasteiger partial charge in [0.1, 0.15) is 5.60 Å². The molecule has 2 N–H and O–H groups in total. The summed E-state index contributed by atoms with van der Waals surface area (Å²) in [5.41, 5.74) is 2.41. The van der Waals surface area contributed by atoms with Crippen LogP contribution < -0.4 is 9.47 Å². The third-order valence-corrected chi connectivity index (χ3v) is 5.69. The van der Waals surface area contributed by atoms with Crippen molar-refractivity contribution in [3.8, 4) is 17.4 Å². The molecule has 36 heavy (non-hydrogen) atoms. The molecule has 3 aromatic rings. The number of rotatable bonds is 7. The van der Waals surface area contributed by atoms with Gasteiger partial charge in [0, 0.05) is 42.2 Å². The molecule has 0 fully saturated rings. The summed E-state index contributed by atoms with van der Waals surface area (Å²) in [4.78, 5) is 33.6. The van der Waals surface area contributed by atoms with Gasteiger partial charge in [0.2, 0.25) is 6.79 Å². The van der Waals surface area contributed by atoms with Crippen LogP contribution in [0.4, 0.5) is 4.79 Å². The number of fused-ring (bicyclic) bond motifs is 2. The zero-order chi connectivity index (χ0) is 26.0. The molecule has 0 bridgehead atoms. The third kappa shape index (κ3) is 5.45. The van der Waals surface area contributed by atoms with E-state index in [0.29, 0.717) is 58.8 Å². The standard InChI is InChI=1S/C27H31N3O6/c1-16(31)17-7-9-20-19(13-17)23(25(32)29-20)24(18-8-10-21-22(14-18)35-15-34-21)28-11-6-12-30(5)26(33)36-27(2,3)4/h7-10,13-14,29,32H,6,11-12,15H2,1-5H3. The molecule has 2 heterocycles. The molecule has 1 aliphatic heterocycles. The van der Waals surface area contributed by atoms with Gasteiger partial charge in [0.25, 0.3) is 0 Å². The second-order valence-corrected chi connectivity index (χ2v) is 9.72. The minimum absolute atomic E-state index is 0.0482. The normalized spacial score (nSPS) is 13.2. The lowest BCUT2D eigenvalue weighted by molar-refractivity contribution is 0.0298. The van der Waals surface area contributed by atoms with Crippen LogP contribution >= 0.6 is 0 Å². The smallest absolute Gasteiger partial charge is 0.410 e. The van der Waals surface area contributed by atoms with Gasteiger partial charge in [-0.2, -0.15) is 0 Å². The average molecular weight is 494 g/mol. The van der Waals surface area contributed by atoms with Crippen LogP contribution in [0.1, 0.15) is 55.6 Å². The molecule has 0 spiro atoms. The summed E-state index contributed by atoms with van der Waals surface area (Å²) in [6, 6.07) is 10.7. The Labute approximate surface area is 209 Å². The number of ether oxygens (including phenoxy) is 3. The van der Waals surface area contributed by atoms with Crippen molar-refractivity contribution in [3.05, 3.63) is 53.1 Å². The number of aromatic amines is 1. The molecule has 0 saturated carbocycles. The van der Waals surface area contributed by atoms with E-state index in [1.807, 2.05) is 32.9 Å². The van der Waals surface area contributed by atoms with Crippen LogP contribution in [0.5, 0.6) is 17.4 Å². The number of benzene rings is 2. The Balaban J connectivity index is 1.66. The van der Waals surface area contributed by atoms with Crippen LogP contribution in [0.25, 0.3) is 10.9 Å². The molecular formula is C27H31N3O6. The van der Waals surface area contributed by atoms with Gasteiger partial charge in [-0.3, -0.25) is 9.79 Å². The van der Waals surface area contributed by atoms with E-state index < -0.39 is 11.7 Å². The number of carbonyl (C=O) groups excluding carboxylic acids is 2. The first-order valence-corrected chi connectivity index (χ1v) is 11.8. The Morgan fingerprint density at radius 2 is 1.83 bits per heavy atom. The summed E-state index contributed by atoms with van der Waals surface area (Å²) in [5, 5.41) is 11.6. The van der Waals surface area contributed by atoms with E-state index in [1.54, 1.807) is 31.3 Å². The number of aromatic hydroxyl groups is 1. The molecule has 190 valence electrons. The number of Topliss-reactive ketones (excluding diaryl/α,β-unsaturated/α-hetero) is 1. The lowest BCUT2D eigenvalue weighted by Crippen LogP contribution is -2.34. The number of ketones is 1. The number of hydrogen-bond donors (Lipinski definition) is 2. The molecule has 0 unspecified atom stereocenters. The summed E-state index contributed by atoms with van der Waals surface area (Å²) in [5.74, 6) is 1.11. The van der Waals surface area contributed by atoms with Crippen LogP contribution in [-0.2, 0) is 4.74 Å². The molecule has 9 nitrogen and oxygen atoms in total. The Kier molecular flexibility index (Phi) is 6.92. The lowest BCUT2D eigenvalue weighted by Gasteiger charge is -2.24. The zero-order valence-electron chi connectivity index (χ0n) is 21.2. The largest absolute Gasteiger partial charge is 0.494 e. The van der Waals surface area contributed by atoms with E-state index in [4.69, 9.17) is 19.2 Å². The van der Waals surface area contributed by atoms with E-state index in [0.717, 1.165) is 5.56 Å². The van der Waals surface area contributed by atoms with Crippen molar-refractivity contribution in [1.29, 1.82) is 0 Å². The molecule has 0 aliphatic carbocycles. The number of nitrogens with zero attached hydrogens (tertiary/aromatic N) is 2. The summed E-state index contributed by atoms with van der Waals surface area (Å²) in [7, 11) is 1.69. The summed E-state index contributed by atoms with van der Waals surface area (Å²) in [6.45, 7) is 7.95. The quantitative estimate of drug-likeness (QED) is 0.275. The average Bonchev–Trinajstić information content (AvgIpc) is 3.40. The highest BCUT2D eigenvalue weighted by Gasteiger charge is 2.23. The predicted molar refractivity (Wildman–Crippen MR) is 137 cm³/mol. The van der Waals surface area contributed by atoms with Gasteiger partial charge < -0.3 is 29.2 Å². The fraction of sp³-hybridized carbons (Fsp3) is 0.370. The number of carbonyl (C=O) groups is 2. The van der Waals surface area contributed by atoms with Gasteiger partial charge in [-0.25, -0.2) is 4.79 Å². The van der Waals surface area contributed by atoms with E-state index in [2.05, 4.69) is 4.98 Å². The van der Waals surface area contributed by atoms with Crippen molar-refractivity contribution in [3.63, 3.8) is 0 Å². The van der Waals surface area contributed by atoms with Crippen LogP contribution in [0.3, 0.4) is 0 Å². The van der Waals surface area contributed by atoms with Crippen LogP contribution in [0.15, 0.2) is 41.4 Å². The van der Waals surface area contributed by atoms with Crippen LogP contribution in [0, 0.1) is 0 Å². The summed E-state index contributed by atoms with van der Waals surface area (Å²) < 4.78 is 16.4. The fourth-order valence-electron chi connectivity index (χ4n) is 3.92. The van der Waals surface area contributed by atoms with Gasteiger partial charge in [-0.05, 0) is 70.5 Å². The first kappa shape index (κ1) is 25.1. The molecular weight excluding hydrogens is 462 g/mol.